The lowest BCUT2D eigenvalue weighted by Gasteiger charge is -2.28. The molecule has 0 aliphatic carbocycles. The number of methoxy groups -OCH3 is 1. The van der Waals surface area contributed by atoms with Gasteiger partial charge in [-0.2, -0.15) is 0 Å². The van der Waals surface area contributed by atoms with E-state index >= 15 is 0 Å². The van der Waals surface area contributed by atoms with E-state index in [1.54, 1.807) is 13.3 Å². The number of rotatable bonds is 6. The van der Waals surface area contributed by atoms with Crippen LogP contribution in [0.2, 0.25) is 0 Å². The Morgan fingerprint density at radius 2 is 1.77 bits per heavy atom. The summed E-state index contributed by atoms with van der Waals surface area (Å²) in [5.74, 6) is 1.61. The zero-order chi connectivity index (χ0) is 21.0. The normalized spacial score (nSPS) is 14.0. The maximum atomic E-state index is 5.45. The molecule has 5 rings (SSSR count). The monoisotopic (exact) mass is 415 g/mol. The standard InChI is InChI=1S/C24H25N5O2/c1-30-21-8-2-18(3-9-21)16-26-23-24-27-17-22(29(24)11-10-25-23)19-4-6-20(7-5-19)28-12-14-31-15-13-28/h2-11,17H,12-16H2,1H3,(H,25,26). The number of hydrogen-bond acceptors (Lipinski definition) is 6. The number of imidazole rings is 1. The molecule has 0 bridgehead atoms. The van der Waals surface area contributed by atoms with Gasteiger partial charge in [0, 0.05) is 43.3 Å². The molecule has 0 radical (unpaired) electrons. The number of morpholine rings is 1. The highest BCUT2D eigenvalue weighted by molar-refractivity contribution is 5.71. The molecule has 7 nitrogen and oxygen atoms in total. The van der Waals surface area contributed by atoms with Crippen LogP contribution in [0.25, 0.3) is 16.9 Å². The van der Waals surface area contributed by atoms with Crippen molar-refractivity contribution in [2.75, 3.05) is 43.6 Å². The van der Waals surface area contributed by atoms with Gasteiger partial charge in [-0.1, -0.05) is 24.3 Å². The Hall–Kier alpha value is -3.58. The molecular weight excluding hydrogens is 390 g/mol. The molecule has 1 saturated heterocycles. The summed E-state index contributed by atoms with van der Waals surface area (Å²) in [5, 5.41) is 3.40. The summed E-state index contributed by atoms with van der Waals surface area (Å²) >= 11 is 0. The molecule has 7 heteroatoms. The Morgan fingerprint density at radius 1 is 1.00 bits per heavy atom. The molecule has 0 spiro atoms. The van der Waals surface area contributed by atoms with Crippen LogP contribution in [0.5, 0.6) is 5.75 Å². The van der Waals surface area contributed by atoms with Gasteiger partial charge in [-0.05, 0) is 29.8 Å². The van der Waals surface area contributed by atoms with Gasteiger partial charge in [0.05, 0.1) is 32.2 Å². The minimum absolute atomic E-state index is 0.660. The summed E-state index contributed by atoms with van der Waals surface area (Å²) in [6, 6.07) is 16.6. The predicted octanol–water partition coefficient (Wildman–Crippen LogP) is 3.85. The van der Waals surface area contributed by atoms with Crippen molar-refractivity contribution in [2.45, 2.75) is 6.54 Å². The summed E-state index contributed by atoms with van der Waals surface area (Å²) in [7, 11) is 1.67. The van der Waals surface area contributed by atoms with Crippen molar-refractivity contribution < 1.29 is 9.47 Å². The largest absolute Gasteiger partial charge is 0.497 e. The SMILES string of the molecule is COc1ccc(CNc2nccn3c(-c4ccc(N5CCOCC5)cc4)cnc23)cc1. The Bertz CT molecular complexity index is 1150. The van der Waals surface area contributed by atoms with Gasteiger partial charge in [0.1, 0.15) is 5.75 Å². The average molecular weight is 415 g/mol. The molecular formula is C24H25N5O2. The van der Waals surface area contributed by atoms with E-state index in [9.17, 15) is 0 Å². The van der Waals surface area contributed by atoms with Gasteiger partial charge < -0.3 is 19.7 Å². The first-order valence-corrected chi connectivity index (χ1v) is 10.4. The maximum absolute atomic E-state index is 5.45. The highest BCUT2D eigenvalue weighted by Gasteiger charge is 2.13. The van der Waals surface area contributed by atoms with Gasteiger partial charge in [-0.3, -0.25) is 4.40 Å². The van der Waals surface area contributed by atoms with Crippen LogP contribution in [0, 0.1) is 0 Å². The molecule has 4 aromatic rings. The molecule has 1 fully saturated rings. The van der Waals surface area contributed by atoms with E-state index in [1.807, 2.05) is 36.7 Å². The molecule has 2 aromatic heterocycles. The average Bonchev–Trinajstić information content (AvgIpc) is 3.28. The van der Waals surface area contributed by atoms with Gasteiger partial charge >= 0.3 is 0 Å². The minimum Gasteiger partial charge on any atom is -0.497 e. The first kappa shape index (κ1) is 19.4. The molecule has 158 valence electrons. The highest BCUT2D eigenvalue weighted by atomic mass is 16.5. The topological polar surface area (TPSA) is 63.9 Å². The number of anilines is 2. The summed E-state index contributed by atoms with van der Waals surface area (Å²) in [6.07, 6.45) is 5.65. The molecule has 0 amide bonds. The molecule has 1 aliphatic rings. The Kier molecular flexibility index (Phi) is 5.41. The molecule has 0 saturated carbocycles. The zero-order valence-electron chi connectivity index (χ0n) is 17.5. The maximum Gasteiger partial charge on any atom is 0.180 e. The third-order valence-corrected chi connectivity index (χ3v) is 5.59. The van der Waals surface area contributed by atoms with E-state index in [2.05, 4.69) is 48.9 Å². The molecule has 3 heterocycles. The van der Waals surface area contributed by atoms with Crippen molar-refractivity contribution >= 4 is 17.2 Å². The van der Waals surface area contributed by atoms with Crippen LogP contribution in [0.15, 0.2) is 67.1 Å². The molecule has 0 unspecified atom stereocenters. The predicted molar refractivity (Wildman–Crippen MR) is 122 cm³/mol. The fourth-order valence-electron chi connectivity index (χ4n) is 3.85. The lowest BCUT2D eigenvalue weighted by Crippen LogP contribution is -2.36. The number of benzene rings is 2. The number of ether oxygens (including phenoxy) is 2. The number of nitrogens with zero attached hydrogens (tertiary/aromatic N) is 4. The van der Waals surface area contributed by atoms with E-state index in [-0.39, 0.29) is 0 Å². The summed E-state index contributed by atoms with van der Waals surface area (Å²) < 4.78 is 12.7. The number of nitrogens with one attached hydrogen (secondary N) is 1. The number of fused-ring (bicyclic) bond motifs is 1. The second-order valence-electron chi connectivity index (χ2n) is 7.46. The van der Waals surface area contributed by atoms with E-state index in [1.165, 1.54) is 5.69 Å². The van der Waals surface area contributed by atoms with Gasteiger partial charge in [0.2, 0.25) is 0 Å². The van der Waals surface area contributed by atoms with Crippen LogP contribution in [-0.4, -0.2) is 47.8 Å². The fourth-order valence-corrected chi connectivity index (χ4v) is 3.85. The van der Waals surface area contributed by atoms with E-state index < -0.39 is 0 Å². The van der Waals surface area contributed by atoms with E-state index in [4.69, 9.17) is 9.47 Å². The first-order valence-electron chi connectivity index (χ1n) is 10.4. The zero-order valence-corrected chi connectivity index (χ0v) is 17.5. The van der Waals surface area contributed by atoms with Crippen LogP contribution in [-0.2, 0) is 11.3 Å². The van der Waals surface area contributed by atoms with Crippen LogP contribution < -0.4 is 15.0 Å². The fraction of sp³-hybridized carbons (Fsp3) is 0.250. The van der Waals surface area contributed by atoms with E-state index in [0.717, 1.165) is 60.3 Å². The summed E-state index contributed by atoms with van der Waals surface area (Å²) in [4.78, 5) is 11.5. The molecule has 1 aliphatic heterocycles. The van der Waals surface area contributed by atoms with Gasteiger partial charge in [0.25, 0.3) is 0 Å². The van der Waals surface area contributed by atoms with Crippen LogP contribution >= 0.6 is 0 Å². The highest BCUT2D eigenvalue weighted by Crippen LogP contribution is 2.26. The Labute approximate surface area is 181 Å². The molecule has 2 aromatic carbocycles. The quantitative estimate of drug-likeness (QED) is 0.516. The summed E-state index contributed by atoms with van der Waals surface area (Å²) in [5.41, 5.74) is 5.35. The lowest BCUT2D eigenvalue weighted by atomic mass is 10.1. The smallest absolute Gasteiger partial charge is 0.180 e. The van der Waals surface area contributed by atoms with Crippen LogP contribution in [0.1, 0.15) is 5.56 Å². The lowest BCUT2D eigenvalue weighted by molar-refractivity contribution is 0.122. The van der Waals surface area contributed by atoms with Crippen molar-refractivity contribution in [3.8, 4) is 17.0 Å². The van der Waals surface area contributed by atoms with Crippen molar-refractivity contribution in [3.05, 3.63) is 72.7 Å². The Morgan fingerprint density at radius 3 is 2.52 bits per heavy atom. The van der Waals surface area contributed by atoms with Gasteiger partial charge in [-0.15, -0.1) is 0 Å². The van der Waals surface area contributed by atoms with Gasteiger partial charge in [0.15, 0.2) is 11.5 Å². The Balaban J connectivity index is 1.36. The second-order valence-corrected chi connectivity index (χ2v) is 7.46. The van der Waals surface area contributed by atoms with Crippen LogP contribution in [0.4, 0.5) is 11.5 Å². The van der Waals surface area contributed by atoms with E-state index in [0.29, 0.717) is 6.54 Å². The molecule has 31 heavy (non-hydrogen) atoms. The molecule has 0 atom stereocenters. The third kappa shape index (κ3) is 4.04. The van der Waals surface area contributed by atoms with Crippen molar-refractivity contribution in [1.82, 2.24) is 14.4 Å². The second kappa shape index (κ2) is 8.65. The number of aromatic nitrogens is 3. The minimum atomic E-state index is 0.660. The van der Waals surface area contributed by atoms with Crippen molar-refractivity contribution in [2.24, 2.45) is 0 Å². The number of hydrogen-bond donors (Lipinski definition) is 1. The van der Waals surface area contributed by atoms with Crippen molar-refractivity contribution in [1.29, 1.82) is 0 Å². The third-order valence-electron chi connectivity index (χ3n) is 5.59. The van der Waals surface area contributed by atoms with Crippen LogP contribution in [0.3, 0.4) is 0 Å². The first-order chi connectivity index (χ1) is 15.3. The van der Waals surface area contributed by atoms with Gasteiger partial charge in [-0.25, -0.2) is 9.97 Å². The van der Waals surface area contributed by atoms with Crippen molar-refractivity contribution in [3.63, 3.8) is 0 Å². The summed E-state index contributed by atoms with van der Waals surface area (Å²) in [6.45, 7) is 4.10. The molecule has 1 N–H and O–H groups in total.